The number of aromatic nitrogens is 3. The van der Waals surface area contributed by atoms with Crippen molar-refractivity contribution in [2.24, 2.45) is 7.05 Å². The van der Waals surface area contributed by atoms with Crippen LogP contribution in [0.3, 0.4) is 0 Å². The highest BCUT2D eigenvalue weighted by atomic mass is 16.3. The molecule has 2 N–H and O–H groups in total. The van der Waals surface area contributed by atoms with E-state index < -0.39 is 0 Å². The molecular weight excluding hydrogens is 268 g/mol. The number of aryl methyl sites for hydroxylation is 1. The lowest BCUT2D eigenvalue weighted by atomic mass is 10.1. The van der Waals surface area contributed by atoms with Gasteiger partial charge in [-0.3, -0.25) is 0 Å². The van der Waals surface area contributed by atoms with Gasteiger partial charge in [-0.05, 0) is 23.8 Å². The number of aliphatic hydroxyl groups excluding tert-OH is 1. The van der Waals surface area contributed by atoms with Gasteiger partial charge in [0.05, 0.1) is 31.4 Å². The maximum atomic E-state index is 9.53. The summed E-state index contributed by atoms with van der Waals surface area (Å²) >= 11 is 0. The van der Waals surface area contributed by atoms with E-state index in [0.29, 0.717) is 12.3 Å². The van der Waals surface area contributed by atoms with Crippen molar-refractivity contribution in [1.29, 1.82) is 0 Å². The molecule has 0 aliphatic heterocycles. The Labute approximate surface area is 122 Å². The lowest BCUT2D eigenvalue weighted by Gasteiger charge is -2.10. The number of hydrogen-bond acceptors (Lipinski definition) is 5. The van der Waals surface area contributed by atoms with Crippen LogP contribution in [-0.4, -0.2) is 19.6 Å². The first kappa shape index (κ1) is 13.4. The van der Waals surface area contributed by atoms with E-state index in [-0.39, 0.29) is 6.61 Å². The summed E-state index contributed by atoms with van der Waals surface area (Å²) < 4.78 is 7.24. The van der Waals surface area contributed by atoms with Gasteiger partial charge in [0, 0.05) is 24.5 Å². The van der Waals surface area contributed by atoms with Gasteiger partial charge in [0.15, 0.2) is 12.2 Å². The van der Waals surface area contributed by atoms with Gasteiger partial charge in [-0.15, -0.1) is 0 Å². The van der Waals surface area contributed by atoms with Crippen molar-refractivity contribution in [2.45, 2.75) is 13.2 Å². The Balaban J connectivity index is 1.80. The van der Waals surface area contributed by atoms with E-state index in [2.05, 4.69) is 15.3 Å². The van der Waals surface area contributed by atoms with Gasteiger partial charge in [-0.25, -0.2) is 9.97 Å². The van der Waals surface area contributed by atoms with Crippen molar-refractivity contribution < 1.29 is 9.52 Å². The third-order valence-corrected chi connectivity index (χ3v) is 3.36. The highest BCUT2D eigenvalue weighted by Crippen LogP contribution is 2.26. The molecule has 0 aliphatic carbocycles. The zero-order chi connectivity index (χ0) is 14.7. The molecule has 6 nitrogen and oxygen atoms in total. The molecule has 0 spiro atoms. The fourth-order valence-corrected chi connectivity index (χ4v) is 2.17. The quantitative estimate of drug-likeness (QED) is 0.751. The molecule has 21 heavy (non-hydrogen) atoms. The van der Waals surface area contributed by atoms with Crippen molar-refractivity contribution in [3.63, 3.8) is 0 Å². The van der Waals surface area contributed by atoms with Gasteiger partial charge in [0.25, 0.3) is 0 Å². The Morgan fingerprint density at radius 3 is 2.86 bits per heavy atom. The number of hydrogen-bond donors (Lipinski definition) is 2. The predicted molar refractivity (Wildman–Crippen MR) is 78.4 cm³/mol. The van der Waals surface area contributed by atoms with Crippen LogP contribution in [0.15, 0.2) is 47.7 Å². The molecule has 6 heteroatoms. The molecule has 0 aliphatic rings. The fourth-order valence-electron chi connectivity index (χ4n) is 2.17. The minimum absolute atomic E-state index is 0.0583. The number of aliphatic hydroxyl groups is 1. The van der Waals surface area contributed by atoms with Crippen molar-refractivity contribution in [2.75, 3.05) is 5.32 Å². The Hall–Kier alpha value is -2.60. The van der Waals surface area contributed by atoms with Crippen LogP contribution in [-0.2, 0) is 20.2 Å². The summed E-state index contributed by atoms with van der Waals surface area (Å²) in [6.45, 7) is 0.611. The largest absolute Gasteiger partial charge is 0.444 e. The van der Waals surface area contributed by atoms with E-state index in [1.165, 1.54) is 6.39 Å². The lowest BCUT2D eigenvalue weighted by molar-refractivity contribution is 0.282. The first-order chi connectivity index (χ1) is 10.3. The van der Waals surface area contributed by atoms with Crippen LogP contribution in [0.5, 0.6) is 0 Å². The zero-order valence-corrected chi connectivity index (χ0v) is 11.7. The van der Waals surface area contributed by atoms with Crippen molar-refractivity contribution in [3.8, 4) is 11.3 Å². The molecule has 2 aromatic heterocycles. The van der Waals surface area contributed by atoms with Gasteiger partial charge < -0.3 is 19.4 Å². The summed E-state index contributed by atoms with van der Waals surface area (Å²) in [5, 5.41) is 12.9. The number of anilines is 1. The summed E-state index contributed by atoms with van der Waals surface area (Å²) in [6.07, 6.45) is 6.61. The Kier molecular flexibility index (Phi) is 3.70. The molecule has 0 unspecified atom stereocenters. The van der Waals surface area contributed by atoms with Gasteiger partial charge in [0.1, 0.15) is 0 Å². The topological polar surface area (TPSA) is 76.1 Å². The molecule has 0 amide bonds. The molecule has 2 heterocycles. The van der Waals surface area contributed by atoms with E-state index in [1.54, 1.807) is 12.5 Å². The second kappa shape index (κ2) is 5.80. The van der Waals surface area contributed by atoms with Crippen LogP contribution < -0.4 is 5.32 Å². The molecule has 0 saturated heterocycles. The van der Waals surface area contributed by atoms with E-state index >= 15 is 0 Å². The first-order valence-corrected chi connectivity index (χ1v) is 6.59. The van der Waals surface area contributed by atoms with Crippen LogP contribution in [0.2, 0.25) is 0 Å². The normalized spacial score (nSPS) is 10.8. The number of rotatable bonds is 5. The standard InChI is InChI=1S/C15H16N4O2/c1-19-9-16-5-13(19)6-18-12-2-3-14(11(4-12)8-20)15-7-17-10-21-15/h2-5,7,9-10,18,20H,6,8H2,1H3. The first-order valence-electron chi connectivity index (χ1n) is 6.59. The molecule has 0 bridgehead atoms. The van der Waals surface area contributed by atoms with E-state index in [4.69, 9.17) is 4.42 Å². The molecule has 108 valence electrons. The minimum atomic E-state index is -0.0583. The molecule has 0 saturated carbocycles. The molecule has 3 rings (SSSR count). The third-order valence-electron chi connectivity index (χ3n) is 3.36. The van der Waals surface area contributed by atoms with Crippen LogP contribution in [0.4, 0.5) is 5.69 Å². The summed E-state index contributed by atoms with van der Waals surface area (Å²) in [6, 6.07) is 5.78. The summed E-state index contributed by atoms with van der Waals surface area (Å²) in [5.41, 5.74) is 3.66. The summed E-state index contributed by atoms with van der Waals surface area (Å²) in [7, 11) is 1.95. The molecule has 0 radical (unpaired) electrons. The number of nitrogens with zero attached hydrogens (tertiary/aromatic N) is 3. The predicted octanol–water partition coefficient (Wildman–Crippen LogP) is 2.18. The van der Waals surface area contributed by atoms with E-state index in [1.807, 2.05) is 36.0 Å². The molecular formula is C15H16N4O2. The number of nitrogens with one attached hydrogen (secondary N) is 1. The average Bonchev–Trinajstić information content (AvgIpc) is 3.16. The monoisotopic (exact) mass is 284 g/mol. The van der Waals surface area contributed by atoms with Gasteiger partial charge >= 0.3 is 0 Å². The SMILES string of the molecule is Cn1cncc1CNc1ccc(-c2cnco2)c(CO)c1. The minimum Gasteiger partial charge on any atom is -0.444 e. The third kappa shape index (κ3) is 2.80. The van der Waals surface area contributed by atoms with Crippen LogP contribution in [0.1, 0.15) is 11.3 Å². The Bertz CT molecular complexity index is 719. The number of imidazole rings is 1. The Morgan fingerprint density at radius 2 is 2.19 bits per heavy atom. The van der Waals surface area contributed by atoms with Gasteiger partial charge in [0.2, 0.25) is 0 Å². The molecule has 1 aromatic carbocycles. The molecule has 0 fully saturated rings. The number of benzene rings is 1. The average molecular weight is 284 g/mol. The lowest BCUT2D eigenvalue weighted by Crippen LogP contribution is -2.04. The summed E-state index contributed by atoms with van der Waals surface area (Å²) in [4.78, 5) is 7.98. The number of oxazole rings is 1. The zero-order valence-electron chi connectivity index (χ0n) is 11.7. The van der Waals surface area contributed by atoms with Gasteiger partial charge in [-0.2, -0.15) is 0 Å². The summed E-state index contributed by atoms with van der Waals surface area (Å²) in [5.74, 6) is 0.650. The maximum Gasteiger partial charge on any atom is 0.181 e. The molecule has 0 atom stereocenters. The maximum absolute atomic E-state index is 9.53. The van der Waals surface area contributed by atoms with Crippen molar-refractivity contribution in [1.82, 2.24) is 14.5 Å². The highest BCUT2D eigenvalue weighted by Gasteiger charge is 2.09. The van der Waals surface area contributed by atoms with Gasteiger partial charge in [-0.1, -0.05) is 0 Å². The highest BCUT2D eigenvalue weighted by molar-refractivity contribution is 5.65. The van der Waals surface area contributed by atoms with E-state index in [9.17, 15) is 5.11 Å². The van der Waals surface area contributed by atoms with Crippen molar-refractivity contribution >= 4 is 5.69 Å². The van der Waals surface area contributed by atoms with Crippen LogP contribution >= 0.6 is 0 Å². The van der Waals surface area contributed by atoms with E-state index in [0.717, 1.165) is 22.5 Å². The fraction of sp³-hybridized carbons (Fsp3) is 0.200. The molecule has 3 aromatic rings. The van der Waals surface area contributed by atoms with Crippen LogP contribution in [0, 0.1) is 0 Å². The second-order valence-corrected chi connectivity index (χ2v) is 4.75. The Morgan fingerprint density at radius 1 is 1.29 bits per heavy atom. The van der Waals surface area contributed by atoms with Crippen LogP contribution in [0.25, 0.3) is 11.3 Å². The smallest absolute Gasteiger partial charge is 0.181 e. The second-order valence-electron chi connectivity index (χ2n) is 4.75. The van der Waals surface area contributed by atoms with Crippen molar-refractivity contribution in [3.05, 3.63) is 54.6 Å².